The predicted molar refractivity (Wildman–Crippen MR) is 89.9 cm³/mol. The average molecular weight is 331 g/mol. The van der Waals surface area contributed by atoms with Gasteiger partial charge in [0.2, 0.25) is 5.91 Å². The van der Waals surface area contributed by atoms with Crippen LogP contribution in [0.15, 0.2) is 24.5 Å². The van der Waals surface area contributed by atoms with Crippen LogP contribution in [0.1, 0.15) is 25.3 Å². The highest BCUT2D eigenvalue weighted by Gasteiger charge is 2.34. The summed E-state index contributed by atoms with van der Waals surface area (Å²) in [6.07, 6.45) is 5.17. The number of aromatic nitrogens is 1. The summed E-state index contributed by atoms with van der Waals surface area (Å²) in [5.41, 5.74) is 7.09. The minimum atomic E-state index is -0.302. The van der Waals surface area contributed by atoms with Gasteiger partial charge in [0.05, 0.1) is 6.04 Å². The summed E-state index contributed by atoms with van der Waals surface area (Å²) in [4.78, 5) is 32.5. The van der Waals surface area contributed by atoms with Gasteiger partial charge in [-0.05, 0) is 31.4 Å². The Kier molecular flexibility index (Phi) is 5.55. The van der Waals surface area contributed by atoms with Crippen LogP contribution in [0, 0.1) is 0 Å². The third-order valence-electron chi connectivity index (χ3n) is 4.72. The number of hydrogen-bond acceptors (Lipinski definition) is 6. The summed E-state index contributed by atoms with van der Waals surface area (Å²) in [6.45, 7) is 5.75. The quantitative estimate of drug-likeness (QED) is 0.805. The van der Waals surface area contributed by atoms with Crippen LogP contribution in [0.3, 0.4) is 0 Å². The van der Waals surface area contributed by atoms with Crippen molar-refractivity contribution in [3.63, 3.8) is 0 Å². The molecule has 2 atom stereocenters. The summed E-state index contributed by atoms with van der Waals surface area (Å²) >= 11 is 0. The average Bonchev–Trinajstić information content (AvgIpc) is 2.97. The Labute approximate surface area is 142 Å². The SMILES string of the molecule is CC(=O)C1CC(C(=O)N2CCCN(Cc3cccnc3)CC2)NN1. The summed E-state index contributed by atoms with van der Waals surface area (Å²) in [6, 6.07) is 3.47. The maximum atomic E-state index is 12.7. The first-order chi connectivity index (χ1) is 11.6. The van der Waals surface area contributed by atoms with Crippen LogP contribution < -0.4 is 10.9 Å². The van der Waals surface area contributed by atoms with E-state index in [2.05, 4.69) is 26.8 Å². The molecular weight excluding hydrogens is 306 g/mol. The molecule has 2 aliphatic rings. The number of nitrogens with one attached hydrogen (secondary N) is 2. The maximum absolute atomic E-state index is 12.7. The Hall–Kier alpha value is -1.83. The van der Waals surface area contributed by atoms with Crippen molar-refractivity contribution in [1.29, 1.82) is 0 Å². The molecule has 3 rings (SSSR count). The van der Waals surface area contributed by atoms with Crippen LogP contribution in [0.5, 0.6) is 0 Å². The van der Waals surface area contributed by atoms with E-state index < -0.39 is 0 Å². The highest BCUT2D eigenvalue weighted by Crippen LogP contribution is 2.13. The molecule has 0 aliphatic carbocycles. The fraction of sp³-hybridized carbons (Fsp3) is 0.588. The van der Waals surface area contributed by atoms with Gasteiger partial charge in [-0.3, -0.25) is 19.5 Å². The fourth-order valence-electron chi connectivity index (χ4n) is 3.30. The van der Waals surface area contributed by atoms with Gasteiger partial charge in [0.15, 0.2) is 0 Å². The number of Topliss-reactive ketones (excluding diaryl/α,β-unsaturated/α-hetero) is 1. The maximum Gasteiger partial charge on any atom is 0.241 e. The van der Waals surface area contributed by atoms with E-state index in [0.717, 1.165) is 39.1 Å². The smallest absolute Gasteiger partial charge is 0.241 e. The van der Waals surface area contributed by atoms with Crippen LogP contribution in [0.25, 0.3) is 0 Å². The zero-order valence-electron chi connectivity index (χ0n) is 14.1. The molecule has 2 unspecified atom stereocenters. The number of nitrogens with zero attached hydrogens (tertiary/aromatic N) is 3. The molecule has 130 valence electrons. The first kappa shape index (κ1) is 17.0. The number of carbonyl (C=O) groups is 2. The van der Waals surface area contributed by atoms with Crippen molar-refractivity contribution < 1.29 is 9.59 Å². The van der Waals surface area contributed by atoms with Crippen LogP contribution in [-0.2, 0) is 16.1 Å². The topological polar surface area (TPSA) is 77.6 Å². The number of hydrazine groups is 1. The summed E-state index contributed by atoms with van der Waals surface area (Å²) < 4.78 is 0. The lowest BCUT2D eigenvalue weighted by Crippen LogP contribution is -2.47. The molecule has 2 fully saturated rings. The largest absolute Gasteiger partial charge is 0.340 e. The van der Waals surface area contributed by atoms with Crippen LogP contribution >= 0.6 is 0 Å². The molecule has 2 N–H and O–H groups in total. The molecule has 1 amide bonds. The summed E-state index contributed by atoms with van der Waals surface area (Å²) in [5.74, 6) is 0.158. The zero-order valence-corrected chi connectivity index (χ0v) is 14.1. The third kappa shape index (κ3) is 4.17. The molecule has 7 nitrogen and oxygen atoms in total. The van der Waals surface area contributed by atoms with Crippen LogP contribution in [0.4, 0.5) is 0 Å². The molecule has 0 saturated carbocycles. The lowest BCUT2D eigenvalue weighted by molar-refractivity contribution is -0.133. The Bertz CT molecular complexity index is 580. The van der Waals surface area contributed by atoms with E-state index in [1.54, 1.807) is 13.1 Å². The van der Waals surface area contributed by atoms with Crippen molar-refractivity contribution in [2.75, 3.05) is 26.2 Å². The minimum absolute atomic E-state index is 0.0660. The predicted octanol–water partition coefficient (Wildman–Crippen LogP) is -0.0600. The fourth-order valence-corrected chi connectivity index (χ4v) is 3.30. The molecule has 0 spiro atoms. The lowest BCUT2D eigenvalue weighted by Gasteiger charge is -2.24. The highest BCUT2D eigenvalue weighted by molar-refractivity contribution is 5.86. The molecular formula is C17H25N5O2. The second kappa shape index (κ2) is 7.83. The number of hydrogen-bond donors (Lipinski definition) is 2. The van der Waals surface area contributed by atoms with Gasteiger partial charge in [-0.25, -0.2) is 10.9 Å². The number of pyridine rings is 1. The minimum Gasteiger partial charge on any atom is -0.340 e. The standard InChI is InChI=1S/C17H25N5O2/c1-13(23)15-10-16(20-19-15)17(24)22-7-3-6-21(8-9-22)12-14-4-2-5-18-11-14/h2,4-5,11,15-16,19-20H,3,6-10,12H2,1H3. The van der Waals surface area contributed by atoms with E-state index in [0.29, 0.717) is 6.42 Å². The lowest BCUT2D eigenvalue weighted by atomic mass is 10.1. The Morgan fingerprint density at radius 1 is 1.21 bits per heavy atom. The molecule has 2 aliphatic heterocycles. The van der Waals surface area contributed by atoms with E-state index >= 15 is 0 Å². The second-order valence-electron chi connectivity index (χ2n) is 6.56. The normalized spacial score (nSPS) is 25.5. The molecule has 0 bridgehead atoms. The van der Waals surface area contributed by atoms with Crippen molar-refractivity contribution in [2.24, 2.45) is 0 Å². The summed E-state index contributed by atoms with van der Waals surface area (Å²) in [7, 11) is 0. The molecule has 0 aromatic carbocycles. The first-order valence-electron chi connectivity index (χ1n) is 8.55. The monoisotopic (exact) mass is 331 g/mol. The Morgan fingerprint density at radius 3 is 2.75 bits per heavy atom. The van der Waals surface area contributed by atoms with Crippen LogP contribution in [-0.4, -0.2) is 64.7 Å². The third-order valence-corrected chi connectivity index (χ3v) is 4.72. The molecule has 1 aromatic rings. The number of ketones is 1. The van der Waals surface area contributed by atoms with E-state index in [1.807, 2.05) is 17.2 Å². The van der Waals surface area contributed by atoms with Gasteiger partial charge < -0.3 is 4.90 Å². The van der Waals surface area contributed by atoms with Gasteiger partial charge >= 0.3 is 0 Å². The van der Waals surface area contributed by atoms with Crippen molar-refractivity contribution >= 4 is 11.7 Å². The Balaban J connectivity index is 1.52. The van der Waals surface area contributed by atoms with Gasteiger partial charge in [0, 0.05) is 45.1 Å². The van der Waals surface area contributed by atoms with Gasteiger partial charge in [-0.2, -0.15) is 0 Å². The van der Waals surface area contributed by atoms with E-state index in [-0.39, 0.29) is 23.8 Å². The second-order valence-corrected chi connectivity index (χ2v) is 6.56. The summed E-state index contributed by atoms with van der Waals surface area (Å²) in [5, 5.41) is 0. The molecule has 2 saturated heterocycles. The van der Waals surface area contributed by atoms with Gasteiger partial charge in [-0.1, -0.05) is 6.07 Å². The number of rotatable bonds is 4. The van der Waals surface area contributed by atoms with Crippen molar-refractivity contribution in [2.45, 2.75) is 38.4 Å². The van der Waals surface area contributed by atoms with Gasteiger partial charge in [0.1, 0.15) is 11.8 Å². The zero-order chi connectivity index (χ0) is 16.9. The van der Waals surface area contributed by atoms with Crippen molar-refractivity contribution in [3.05, 3.63) is 30.1 Å². The highest BCUT2D eigenvalue weighted by atomic mass is 16.2. The Morgan fingerprint density at radius 2 is 2.04 bits per heavy atom. The van der Waals surface area contributed by atoms with E-state index in [4.69, 9.17) is 0 Å². The van der Waals surface area contributed by atoms with Crippen LogP contribution in [0.2, 0.25) is 0 Å². The molecule has 3 heterocycles. The van der Waals surface area contributed by atoms with Crippen molar-refractivity contribution in [3.8, 4) is 0 Å². The first-order valence-corrected chi connectivity index (χ1v) is 8.55. The molecule has 7 heteroatoms. The molecule has 1 aromatic heterocycles. The number of amides is 1. The number of carbonyl (C=O) groups excluding carboxylic acids is 2. The molecule has 24 heavy (non-hydrogen) atoms. The molecule has 0 radical (unpaired) electrons. The van der Waals surface area contributed by atoms with Gasteiger partial charge in [-0.15, -0.1) is 0 Å². The van der Waals surface area contributed by atoms with E-state index in [1.165, 1.54) is 5.56 Å². The van der Waals surface area contributed by atoms with E-state index in [9.17, 15) is 9.59 Å². The van der Waals surface area contributed by atoms with Crippen molar-refractivity contribution in [1.82, 2.24) is 25.6 Å². The van der Waals surface area contributed by atoms with Gasteiger partial charge in [0.25, 0.3) is 0 Å².